The molecule has 0 aliphatic heterocycles. The Balaban J connectivity index is 2.16. The van der Waals surface area contributed by atoms with E-state index in [1.54, 1.807) is 31.2 Å². The molecule has 0 spiro atoms. The normalized spacial score (nSPS) is 10.2. The summed E-state index contributed by atoms with van der Waals surface area (Å²) in [6.07, 6.45) is 0. The van der Waals surface area contributed by atoms with Crippen molar-refractivity contribution in [2.75, 3.05) is 17.6 Å². The third-order valence-electron chi connectivity index (χ3n) is 2.93. The molecule has 0 fully saturated rings. The number of amides is 2. The largest absolute Gasteiger partial charge is 0.395 e. The molecule has 0 saturated heterocycles. The van der Waals surface area contributed by atoms with Crippen molar-refractivity contribution in [3.8, 4) is 0 Å². The van der Waals surface area contributed by atoms with E-state index in [1.165, 1.54) is 0 Å². The van der Waals surface area contributed by atoms with Crippen molar-refractivity contribution in [3.05, 3.63) is 41.2 Å². The van der Waals surface area contributed by atoms with Crippen LogP contribution in [0.1, 0.15) is 33.5 Å². The smallest absolute Gasteiger partial charge is 0.278 e. The summed E-state index contributed by atoms with van der Waals surface area (Å²) < 4.78 is 0. The third-order valence-corrected chi connectivity index (χ3v) is 2.93. The second-order valence-electron chi connectivity index (χ2n) is 4.51. The Morgan fingerprint density at radius 1 is 1.33 bits per heavy atom. The molecule has 0 unspecified atom stereocenters. The number of nitrogens with zero attached hydrogens (tertiary/aromatic N) is 1. The summed E-state index contributed by atoms with van der Waals surface area (Å²) in [6, 6.07) is 6.65. The fraction of sp³-hybridized carbons (Fsp3) is 0.214. The molecule has 0 aliphatic rings. The van der Waals surface area contributed by atoms with Crippen molar-refractivity contribution in [1.82, 2.24) is 15.5 Å². The molecule has 7 nitrogen and oxygen atoms in total. The van der Waals surface area contributed by atoms with Gasteiger partial charge in [-0.15, -0.1) is 0 Å². The van der Waals surface area contributed by atoms with Gasteiger partial charge in [-0.3, -0.25) is 14.7 Å². The van der Waals surface area contributed by atoms with Crippen molar-refractivity contribution in [3.63, 3.8) is 0 Å². The van der Waals surface area contributed by atoms with E-state index in [4.69, 9.17) is 5.73 Å². The number of carbonyl (C=O) groups excluding carboxylic acids is 2. The molecule has 0 bridgehead atoms. The molecule has 110 valence electrons. The summed E-state index contributed by atoms with van der Waals surface area (Å²) in [7, 11) is 0. The van der Waals surface area contributed by atoms with Crippen LogP contribution in [0.25, 0.3) is 0 Å². The fourth-order valence-corrected chi connectivity index (χ4v) is 1.80. The summed E-state index contributed by atoms with van der Waals surface area (Å²) in [5, 5.41) is 11.9. The number of carbonyl (C=O) groups is 2. The molecule has 7 heteroatoms. The Morgan fingerprint density at radius 2 is 2.10 bits per heavy atom. The summed E-state index contributed by atoms with van der Waals surface area (Å²) in [4.78, 5) is 23.8. The predicted octanol–water partition coefficient (Wildman–Crippen LogP) is 1.30. The number of benzene rings is 1. The van der Waals surface area contributed by atoms with Gasteiger partial charge in [-0.05, 0) is 32.0 Å². The molecule has 0 radical (unpaired) electrons. The topological polar surface area (TPSA) is 113 Å². The number of rotatable bonds is 4. The van der Waals surface area contributed by atoms with Crippen LogP contribution in [-0.4, -0.2) is 28.6 Å². The van der Waals surface area contributed by atoms with Gasteiger partial charge in [0.15, 0.2) is 5.69 Å². The molecule has 1 aromatic carbocycles. The van der Waals surface area contributed by atoms with Gasteiger partial charge < -0.3 is 16.4 Å². The number of hydrogen-bond donors (Lipinski definition) is 4. The fourth-order valence-electron chi connectivity index (χ4n) is 1.80. The van der Waals surface area contributed by atoms with Crippen molar-refractivity contribution < 1.29 is 9.59 Å². The lowest BCUT2D eigenvalue weighted by Gasteiger charge is -2.07. The number of H-pyrrole nitrogens is 1. The van der Waals surface area contributed by atoms with Gasteiger partial charge in [0.1, 0.15) is 0 Å². The Kier molecular flexibility index (Phi) is 4.22. The van der Waals surface area contributed by atoms with Gasteiger partial charge in [0, 0.05) is 17.8 Å². The first-order chi connectivity index (χ1) is 10.0. The van der Waals surface area contributed by atoms with Crippen LogP contribution in [0.2, 0.25) is 0 Å². The molecule has 0 aliphatic carbocycles. The highest BCUT2D eigenvalue weighted by atomic mass is 16.2. The van der Waals surface area contributed by atoms with Crippen molar-refractivity contribution in [2.24, 2.45) is 0 Å². The van der Waals surface area contributed by atoms with Crippen LogP contribution in [0, 0.1) is 6.92 Å². The highest BCUT2D eigenvalue weighted by Gasteiger charge is 2.15. The van der Waals surface area contributed by atoms with Crippen LogP contribution in [0.5, 0.6) is 0 Å². The SMILES string of the molecule is CCNC(=O)c1cccc(NC(=O)c2n[nH]c(C)c2N)c1. The molecular formula is C14H17N5O2. The van der Waals surface area contributed by atoms with Gasteiger partial charge in [0.05, 0.1) is 11.4 Å². The van der Waals surface area contributed by atoms with E-state index >= 15 is 0 Å². The summed E-state index contributed by atoms with van der Waals surface area (Å²) in [5.41, 5.74) is 7.82. The van der Waals surface area contributed by atoms with Gasteiger partial charge in [0.2, 0.25) is 0 Å². The van der Waals surface area contributed by atoms with E-state index in [-0.39, 0.29) is 11.6 Å². The Labute approximate surface area is 121 Å². The van der Waals surface area contributed by atoms with Gasteiger partial charge in [-0.25, -0.2) is 0 Å². The standard InChI is InChI=1S/C14H17N5O2/c1-3-16-13(20)9-5-4-6-10(7-9)17-14(21)12-11(15)8(2)18-19-12/h4-7H,3,15H2,1-2H3,(H,16,20)(H,17,21)(H,18,19). The maximum atomic E-state index is 12.1. The minimum Gasteiger partial charge on any atom is -0.395 e. The molecule has 0 saturated carbocycles. The maximum Gasteiger partial charge on any atom is 0.278 e. The number of nitrogens with two attached hydrogens (primary N) is 1. The molecule has 2 amide bonds. The third kappa shape index (κ3) is 3.19. The maximum absolute atomic E-state index is 12.1. The average molecular weight is 287 g/mol. The van der Waals surface area contributed by atoms with E-state index < -0.39 is 5.91 Å². The zero-order chi connectivity index (χ0) is 15.4. The number of aromatic amines is 1. The van der Waals surface area contributed by atoms with E-state index in [9.17, 15) is 9.59 Å². The summed E-state index contributed by atoms with van der Waals surface area (Å²) in [6.45, 7) is 4.11. The number of aryl methyl sites for hydroxylation is 1. The van der Waals surface area contributed by atoms with E-state index in [0.29, 0.717) is 29.2 Å². The monoisotopic (exact) mass is 287 g/mol. The van der Waals surface area contributed by atoms with Gasteiger partial charge in [-0.1, -0.05) is 6.07 Å². The molecule has 1 aromatic heterocycles. The van der Waals surface area contributed by atoms with Crippen LogP contribution in [-0.2, 0) is 0 Å². The molecular weight excluding hydrogens is 270 g/mol. The summed E-state index contributed by atoms with van der Waals surface area (Å²) >= 11 is 0. The van der Waals surface area contributed by atoms with Gasteiger partial charge >= 0.3 is 0 Å². The number of anilines is 2. The second kappa shape index (κ2) is 6.08. The Hall–Kier alpha value is -2.83. The van der Waals surface area contributed by atoms with Crippen LogP contribution in [0.4, 0.5) is 11.4 Å². The van der Waals surface area contributed by atoms with Crippen molar-refractivity contribution in [1.29, 1.82) is 0 Å². The highest BCUT2D eigenvalue weighted by molar-refractivity contribution is 6.07. The minimum atomic E-state index is -0.426. The number of nitrogen functional groups attached to an aromatic ring is 1. The molecule has 21 heavy (non-hydrogen) atoms. The Bertz CT molecular complexity index is 678. The zero-order valence-corrected chi connectivity index (χ0v) is 11.9. The molecule has 0 atom stereocenters. The molecule has 1 heterocycles. The molecule has 5 N–H and O–H groups in total. The van der Waals surface area contributed by atoms with Crippen LogP contribution in [0.3, 0.4) is 0 Å². The van der Waals surface area contributed by atoms with E-state index in [1.807, 2.05) is 6.92 Å². The lowest BCUT2D eigenvalue weighted by Crippen LogP contribution is -2.23. The summed E-state index contributed by atoms with van der Waals surface area (Å²) in [5.74, 6) is -0.617. The second-order valence-corrected chi connectivity index (χ2v) is 4.51. The van der Waals surface area contributed by atoms with Gasteiger partial charge in [0.25, 0.3) is 11.8 Å². The number of hydrogen-bond acceptors (Lipinski definition) is 4. The number of nitrogens with one attached hydrogen (secondary N) is 3. The first-order valence-corrected chi connectivity index (χ1v) is 6.53. The quantitative estimate of drug-likeness (QED) is 0.678. The van der Waals surface area contributed by atoms with Crippen LogP contribution < -0.4 is 16.4 Å². The highest BCUT2D eigenvalue weighted by Crippen LogP contribution is 2.16. The molecule has 2 rings (SSSR count). The Morgan fingerprint density at radius 3 is 2.71 bits per heavy atom. The lowest BCUT2D eigenvalue weighted by molar-refractivity contribution is 0.0954. The van der Waals surface area contributed by atoms with E-state index in [0.717, 1.165) is 0 Å². The number of aromatic nitrogens is 2. The van der Waals surface area contributed by atoms with Crippen LogP contribution in [0.15, 0.2) is 24.3 Å². The first-order valence-electron chi connectivity index (χ1n) is 6.53. The predicted molar refractivity (Wildman–Crippen MR) is 80.1 cm³/mol. The first kappa shape index (κ1) is 14.6. The zero-order valence-electron chi connectivity index (χ0n) is 11.9. The van der Waals surface area contributed by atoms with Gasteiger partial charge in [-0.2, -0.15) is 5.10 Å². The average Bonchev–Trinajstić information content (AvgIpc) is 2.79. The van der Waals surface area contributed by atoms with Crippen molar-refractivity contribution in [2.45, 2.75) is 13.8 Å². The minimum absolute atomic E-state index is 0.135. The van der Waals surface area contributed by atoms with Crippen LogP contribution >= 0.6 is 0 Å². The van der Waals surface area contributed by atoms with E-state index in [2.05, 4.69) is 20.8 Å². The molecule has 2 aromatic rings. The van der Waals surface area contributed by atoms with Crippen molar-refractivity contribution >= 4 is 23.2 Å². The lowest BCUT2D eigenvalue weighted by atomic mass is 10.2.